The van der Waals surface area contributed by atoms with E-state index in [4.69, 9.17) is 4.74 Å². The monoisotopic (exact) mass is 198 g/mol. The lowest BCUT2D eigenvalue weighted by Crippen LogP contribution is -2.52. The molecule has 2 unspecified atom stereocenters. The Morgan fingerprint density at radius 2 is 2.29 bits per heavy atom. The second-order valence-electron chi connectivity index (χ2n) is 4.60. The molecule has 82 valence electrons. The molecule has 0 aromatic rings. The first-order valence-corrected chi connectivity index (χ1v) is 5.86. The molecule has 0 aliphatic carbocycles. The molecule has 14 heavy (non-hydrogen) atoms. The normalized spacial score (nSPS) is 40.3. The van der Waals surface area contributed by atoms with Gasteiger partial charge in [0.1, 0.15) is 0 Å². The molecule has 2 aliphatic rings. The lowest BCUT2D eigenvalue weighted by molar-refractivity contribution is -0.0572. The molecule has 0 aromatic carbocycles. The van der Waals surface area contributed by atoms with Gasteiger partial charge in [-0.05, 0) is 33.2 Å². The Kier molecular flexibility index (Phi) is 3.42. The van der Waals surface area contributed by atoms with E-state index >= 15 is 0 Å². The van der Waals surface area contributed by atoms with E-state index in [-0.39, 0.29) is 0 Å². The zero-order chi connectivity index (χ0) is 9.97. The van der Waals surface area contributed by atoms with Crippen molar-refractivity contribution in [2.45, 2.75) is 44.9 Å². The molecule has 2 rings (SSSR count). The fourth-order valence-electron chi connectivity index (χ4n) is 2.45. The van der Waals surface area contributed by atoms with Crippen LogP contribution >= 0.6 is 0 Å². The fourth-order valence-corrected chi connectivity index (χ4v) is 2.45. The summed E-state index contributed by atoms with van der Waals surface area (Å²) in [5.41, 5.74) is 0. The number of nitrogens with one attached hydrogen (secondary N) is 1. The van der Waals surface area contributed by atoms with Gasteiger partial charge >= 0.3 is 0 Å². The van der Waals surface area contributed by atoms with Crippen LogP contribution in [-0.2, 0) is 4.74 Å². The largest absolute Gasteiger partial charge is 0.376 e. The highest BCUT2D eigenvalue weighted by Gasteiger charge is 2.27. The lowest BCUT2D eigenvalue weighted by Gasteiger charge is -2.39. The average Bonchev–Trinajstić information content (AvgIpc) is 2.66. The molecule has 0 aromatic heterocycles. The van der Waals surface area contributed by atoms with Crippen LogP contribution in [0.25, 0.3) is 0 Å². The molecule has 2 heterocycles. The number of hydrogen-bond acceptors (Lipinski definition) is 3. The van der Waals surface area contributed by atoms with E-state index in [1.807, 2.05) is 0 Å². The van der Waals surface area contributed by atoms with Crippen LogP contribution < -0.4 is 5.32 Å². The van der Waals surface area contributed by atoms with E-state index in [2.05, 4.69) is 24.1 Å². The quantitative estimate of drug-likeness (QED) is 0.712. The molecule has 0 radical (unpaired) electrons. The Hall–Kier alpha value is -0.120. The zero-order valence-corrected chi connectivity index (χ0v) is 9.33. The number of rotatable bonds is 2. The topological polar surface area (TPSA) is 24.5 Å². The van der Waals surface area contributed by atoms with Gasteiger partial charge < -0.3 is 10.1 Å². The van der Waals surface area contributed by atoms with Gasteiger partial charge in [-0.1, -0.05) is 0 Å². The summed E-state index contributed by atoms with van der Waals surface area (Å²) < 4.78 is 5.62. The summed E-state index contributed by atoms with van der Waals surface area (Å²) in [6.45, 7) is 8.87. The van der Waals surface area contributed by atoms with Gasteiger partial charge in [0, 0.05) is 25.2 Å². The zero-order valence-electron chi connectivity index (χ0n) is 9.33. The van der Waals surface area contributed by atoms with E-state index in [1.54, 1.807) is 0 Å². The molecular formula is C11H22N2O. The van der Waals surface area contributed by atoms with Crippen LogP contribution in [-0.4, -0.2) is 49.3 Å². The summed E-state index contributed by atoms with van der Waals surface area (Å²) in [6.07, 6.45) is 3.09. The third kappa shape index (κ3) is 2.27. The van der Waals surface area contributed by atoms with Gasteiger partial charge in [-0.15, -0.1) is 0 Å². The minimum absolute atomic E-state index is 0.394. The maximum Gasteiger partial charge on any atom is 0.0700 e. The van der Waals surface area contributed by atoms with Crippen molar-refractivity contribution in [3.8, 4) is 0 Å². The average molecular weight is 198 g/mol. The van der Waals surface area contributed by atoms with Crippen LogP contribution in [0.5, 0.6) is 0 Å². The molecule has 2 aliphatic heterocycles. The Morgan fingerprint density at radius 1 is 1.43 bits per heavy atom. The number of morpholine rings is 1. The molecule has 3 atom stereocenters. The summed E-state index contributed by atoms with van der Waals surface area (Å²) >= 11 is 0. The molecular weight excluding hydrogens is 176 g/mol. The standard InChI is InChI=1S/C11H22N2O/c1-9-10(2)14-7-6-13(9)8-11-4-3-5-12-11/h9-12H,3-8H2,1-2H3/t9?,10?,11-/m1/s1. The summed E-state index contributed by atoms with van der Waals surface area (Å²) in [4.78, 5) is 2.57. The maximum atomic E-state index is 5.62. The van der Waals surface area contributed by atoms with Crippen LogP contribution in [0.3, 0.4) is 0 Å². The molecule has 0 amide bonds. The van der Waals surface area contributed by atoms with Crippen LogP contribution in [0.4, 0.5) is 0 Å². The second-order valence-corrected chi connectivity index (χ2v) is 4.60. The molecule has 3 nitrogen and oxygen atoms in total. The highest BCUT2D eigenvalue weighted by Crippen LogP contribution is 2.16. The van der Waals surface area contributed by atoms with Crippen molar-refractivity contribution >= 4 is 0 Å². The predicted molar refractivity (Wildman–Crippen MR) is 57.5 cm³/mol. The van der Waals surface area contributed by atoms with Crippen LogP contribution in [0.2, 0.25) is 0 Å². The minimum atomic E-state index is 0.394. The summed E-state index contributed by atoms with van der Waals surface area (Å²) in [5, 5.41) is 3.56. The van der Waals surface area contributed by atoms with Gasteiger partial charge in [0.25, 0.3) is 0 Å². The van der Waals surface area contributed by atoms with Crippen molar-refractivity contribution in [1.29, 1.82) is 0 Å². The fraction of sp³-hybridized carbons (Fsp3) is 1.00. The first-order valence-electron chi connectivity index (χ1n) is 5.86. The first kappa shape index (κ1) is 10.4. The number of ether oxygens (including phenoxy) is 1. The Labute approximate surface area is 86.8 Å². The number of hydrogen-bond donors (Lipinski definition) is 1. The van der Waals surface area contributed by atoms with Crippen LogP contribution in [0.15, 0.2) is 0 Å². The van der Waals surface area contributed by atoms with Gasteiger partial charge in [0.2, 0.25) is 0 Å². The molecule has 2 fully saturated rings. The molecule has 0 saturated carbocycles. The summed E-state index contributed by atoms with van der Waals surface area (Å²) in [6, 6.07) is 1.30. The van der Waals surface area contributed by atoms with Crippen LogP contribution in [0, 0.1) is 0 Å². The van der Waals surface area contributed by atoms with E-state index in [0.29, 0.717) is 12.1 Å². The highest BCUT2D eigenvalue weighted by molar-refractivity contribution is 4.84. The van der Waals surface area contributed by atoms with E-state index in [0.717, 1.165) is 19.2 Å². The van der Waals surface area contributed by atoms with E-state index < -0.39 is 0 Å². The Morgan fingerprint density at radius 3 is 3.00 bits per heavy atom. The highest BCUT2D eigenvalue weighted by atomic mass is 16.5. The van der Waals surface area contributed by atoms with Crippen molar-refractivity contribution in [3.63, 3.8) is 0 Å². The van der Waals surface area contributed by atoms with Gasteiger partial charge in [-0.25, -0.2) is 0 Å². The van der Waals surface area contributed by atoms with E-state index in [1.165, 1.54) is 25.9 Å². The summed E-state index contributed by atoms with van der Waals surface area (Å²) in [7, 11) is 0. The van der Waals surface area contributed by atoms with Crippen LogP contribution in [0.1, 0.15) is 26.7 Å². The van der Waals surface area contributed by atoms with Gasteiger partial charge in [0.05, 0.1) is 12.7 Å². The van der Waals surface area contributed by atoms with Crippen molar-refractivity contribution in [2.75, 3.05) is 26.2 Å². The second kappa shape index (κ2) is 4.60. The lowest BCUT2D eigenvalue weighted by atomic mass is 10.1. The molecule has 2 saturated heterocycles. The maximum absolute atomic E-state index is 5.62. The minimum Gasteiger partial charge on any atom is -0.376 e. The SMILES string of the molecule is CC1OCCN(C[C@H]2CCCN2)C1C. The molecule has 0 bridgehead atoms. The Bertz CT molecular complexity index is 180. The molecule has 3 heteroatoms. The molecule has 1 N–H and O–H groups in total. The predicted octanol–water partition coefficient (Wildman–Crippen LogP) is 0.848. The Balaban J connectivity index is 1.83. The van der Waals surface area contributed by atoms with Crippen molar-refractivity contribution in [3.05, 3.63) is 0 Å². The van der Waals surface area contributed by atoms with E-state index in [9.17, 15) is 0 Å². The van der Waals surface area contributed by atoms with Crippen molar-refractivity contribution in [2.24, 2.45) is 0 Å². The third-order valence-electron chi connectivity index (χ3n) is 3.63. The van der Waals surface area contributed by atoms with Gasteiger partial charge in [-0.2, -0.15) is 0 Å². The van der Waals surface area contributed by atoms with Crippen molar-refractivity contribution < 1.29 is 4.74 Å². The van der Waals surface area contributed by atoms with Gasteiger partial charge in [0.15, 0.2) is 0 Å². The molecule has 0 spiro atoms. The smallest absolute Gasteiger partial charge is 0.0700 e. The van der Waals surface area contributed by atoms with Crippen molar-refractivity contribution in [1.82, 2.24) is 10.2 Å². The van der Waals surface area contributed by atoms with Gasteiger partial charge in [-0.3, -0.25) is 4.90 Å². The number of nitrogens with zero attached hydrogens (tertiary/aromatic N) is 1. The summed E-state index contributed by atoms with van der Waals surface area (Å²) in [5.74, 6) is 0. The first-order chi connectivity index (χ1) is 6.77. The third-order valence-corrected chi connectivity index (χ3v) is 3.63.